The number of benzene rings is 1. The number of hydrogen-bond acceptors (Lipinski definition) is 5. The van der Waals surface area contributed by atoms with Gasteiger partial charge in [0.1, 0.15) is 0 Å². The van der Waals surface area contributed by atoms with Gasteiger partial charge < -0.3 is 9.84 Å². The average Bonchev–Trinajstić information content (AvgIpc) is 2.96. The Kier molecular flexibility index (Phi) is 6.20. The van der Waals surface area contributed by atoms with Crippen molar-refractivity contribution in [1.29, 1.82) is 0 Å². The van der Waals surface area contributed by atoms with Gasteiger partial charge in [0.15, 0.2) is 0 Å². The Hall–Kier alpha value is -1.14. The molecule has 1 saturated heterocycles. The zero-order chi connectivity index (χ0) is 14.7. The van der Waals surface area contributed by atoms with Crippen molar-refractivity contribution in [3.63, 3.8) is 0 Å². The van der Waals surface area contributed by atoms with Gasteiger partial charge in [0, 0.05) is 23.2 Å². The minimum Gasteiger partial charge on any atom is -0.338 e. The van der Waals surface area contributed by atoms with E-state index in [-0.39, 0.29) is 12.4 Å². The Balaban J connectivity index is 0.00000176. The molecule has 1 unspecified atom stereocenters. The van der Waals surface area contributed by atoms with Crippen LogP contribution in [0.2, 0.25) is 5.02 Å². The maximum absolute atomic E-state index is 5.99. The fourth-order valence-electron chi connectivity index (χ4n) is 2.69. The van der Waals surface area contributed by atoms with Crippen LogP contribution in [0.3, 0.4) is 0 Å². The summed E-state index contributed by atoms with van der Waals surface area (Å²) in [6.45, 7) is 2.80. The topological polar surface area (TPSA) is 54.2 Å². The molecule has 1 aromatic carbocycles. The monoisotopic (exact) mass is 342 g/mol. The van der Waals surface area contributed by atoms with Crippen LogP contribution in [0, 0.1) is 0 Å². The summed E-state index contributed by atoms with van der Waals surface area (Å²) >= 11 is 5.99. The van der Waals surface area contributed by atoms with Crippen molar-refractivity contribution in [1.82, 2.24) is 20.4 Å². The van der Waals surface area contributed by atoms with E-state index in [0.717, 1.165) is 18.7 Å². The summed E-state index contributed by atoms with van der Waals surface area (Å²) in [7, 11) is 2.01. The molecular formula is C15H20Cl2N4O. The predicted octanol–water partition coefficient (Wildman–Crippen LogP) is 3.00. The fourth-order valence-corrected chi connectivity index (χ4v) is 2.88. The van der Waals surface area contributed by atoms with Crippen molar-refractivity contribution in [3.05, 3.63) is 35.2 Å². The molecule has 0 radical (unpaired) electrons. The molecule has 1 aromatic heterocycles. The quantitative estimate of drug-likeness (QED) is 0.925. The van der Waals surface area contributed by atoms with Gasteiger partial charge in [0.05, 0.1) is 6.54 Å². The number of hydrogen-bond donors (Lipinski definition) is 1. The second kappa shape index (κ2) is 7.92. The number of aromatic nitrogens is 2. The highest BCUT2D eigenvalue weighted by Crippen LogP contribution is 2.20. The zero-order valence-electron chi connectivity index (χ0n) is 12.5. The molecule has 3 rings (SSSR count). The first kappa shape index (κ1) is 17.2. The number of piperidine rings is 1. The highest BCUT2D eigenvalue weighted by atomic mass is 35.5. The number of nitrogens with one attached hydrogen (secondary N) is 1. The summed E-state index contributed by atoms with van der Waals surface area (Å²) in [5.74, 6) is 1.25. The van der Waals surface area contributed by atoms with Crippen molar-refractivity contribution in [2.24, 2.45) is 0 Å². The predicted molar refractivity (Wildman–Crippen MR) is 89.4 cm³/mol. The van der Waals surface area contributed by atoms with E-state index in [0.29, 0.717) is 29.3 Å². The van der Waals surface area contributed by atoms with Crippen LogP contribution in [0.5, 0.6) is 0 Å². The second-order valence-electron chi connectivity index (χ2n) is 5.39. The van der Waals surface area contributed by atoms with Gasteiger partial charge in [0.2, 0.25) is 11.7 Å². The molecule has 22 heavy (non-hydrogen) atoms. The van der Waals surface area contributed by atoms with Gasteiger partial charge in [0.25, 0.3) is 0 Å². The Morgan fingerprint density at radius 3 is 3.09 bits per heavy atom. The highest BCUT2D eigenvalue weighted by molar-refractivity contribution is 6.30. The molecule has 0 amide bonds. The van der Waals surface area contributed by atoms with E-state index < -0.39 is 0 Å². The summed E-state index contributed by atoms with van der Waals surface area (Å²) < 4.78 is 5.36. The molecule has 1 atom stereocenters. The standard InChI is InChI=1S/C15H19ClN4O.ClH/c1-17-13-6-3-7-20(9-13)10-14-18-15(19-21-14)11-4-2-5-12(16)8-11;/h2,4-5,8,13,17H,3,6-7,9-10H2,1H3;1H. The third kappa shape index (κ3) is 4.20. The molecule has 2 aromatic rings. The van der Waals surface area contributed by atoms with E-state index in [1.54, 1.807) is 0 Å². The van der Waals surface area contributed by atoms with Crippen LogP contribution < -0.4 is 5.32 Å². The average molecular weight is 343 g/mol. The summed E-state index contributed by atoms with van der Waals surface area (Å²) in [5, 5.41) is 8.05. The third-order valence-corrected chi connectivity index (χ3v) is 4.06. The second-order valence-corrected chi connectivity index (χ2v) is 5.82. The molecular weight excluding hydrogens is 323 g/mol. The first-order valence-corrected chi connectivity index (χ1v) is 7.60. The van der Waals surface area contributed by atoms with Gasteiger partial charge in [-0.2, -0.15) is 4.98 Å². The molecule has 0 aliphatic carbocycles. The van der Waals surface area contributed by atoms with Crippen LogP contribution in [-0.4, -0.2) is 41.2 Å². The number of nitrogens with zero attached hydrogens (tertiary/aromatic N) is 3. The smallest absolute Gasteiger partial charge is 0.241 e. The van der Waals surface area contributed by atoms with Crippen LogP contribution in [0.25, 0.3) is 11.4 Å². The molecule has 5 nitrogen and oxygen atoms in total. The highest BCUT2D eigenvalue weighted by Gasteiger charge is 2.20. The van der Waals surface area contributed by atoms with Crippen LogP contribution in [0.1, 0.15) is 18.7 Å². The number of halogens is 2. The minimum atomic E-state index is 0. The molecule has 1 fully saturated rings. The van der Waals surface area contributed by atoms with Crippen molar-refractivity contribution in [2.75, 3.05) is 20.1 Å². The van der Waals surface area contributed by atoms with Gasteiger partial charge in [-0.15, -0.1) is 12.4 Å². The Morgan fingerprint density at radius 2 is 2.32 bits per heavy atom. The molecule has 1 aliphatic heterocycles. The first-order chi connectivity index (χ1) is 10.2. The van der Waals surface area contributed by atoms with E-state index in [2.05, 4.69) is 20.4 Å². The van der Waals surface area contributed by atoms with Crippen molar-refractivity contribution in [2.45, 2.75) is 25.4 Å². The van der Waals surface area contributed by atoms with Gasteiger partial charge in [-0.1, -0.05) is 28.9 Å². The Morgan fingerprint density at radius 1 is 1.45 bits per heavy atom. The van der Waals surface area contributed by atoms with Crippen molar-refractivity contribution >= 4 is 24.0 Å². The van der Waals surface area contributed by atoms with Gasteiger partial charge in [-0.05, 0) is 38.6 Å². The number of rotatable bonds is 4. The normalized spacial score (nSPS) is 18.9. The van der Waals surface area contributed by atoms with Crippen LogP contribution in [0.4, 0.5) is 0 Å². The maximum Gasteiger partial charge on any atom is 0.241 e. The molecule has 0 spiro atoms. The van der Waals surface area contributed by atoms with E-state index in [1.807, 2.05) is 31.3 Å². The molecule has 0 saturated carbocycles. The van der Waals surface area contributed by atoms with Crippen LogP contribution in [0.15, 0.2) is 28.8 Å². The molecule has 1 N–H and O–H groups in total. The largest absolute Gasteiger partial charge is 0.338 e. The molecule has 7 heteroatoms. The van der Waals surface area contributed by atoms with E-state index in [1.165, 1.54) is 12.8 Å². The Labute approximate surface area is 141 Å². The summed E-state index contributed by atoms with van der Waals surface area (Å²) in [6, 6.07) is 8.04. The van der Waals surface area contributed by atoms with E-state index in [9.17, 15) is 0 Å². The van der Waals surface area contributed by atoms with Gasteiger partial charge >= 0.3 is 0 Å². The first-order valence-electron chi connectivity index (χ1n) is 7.23. The van der Waals surface area contributed by atoms with E-state index in [4.69, 9.17) is 16.1 Å². The molecule has 1 aliphatic rings. The van der Waals surface area contributed by atoms with Crippen LogP contribution in [-0.2, 0) is 6.54 Å². The van der Waals surface area contributed by atoms with Gasteiger partial charge in [-0.25, -0.2) is 0 Å². The lowest BCUT2D eigenvalue weighted by Gasteiger charge is -2.31. The number of likely N-dealkylation sites (N-methyl/N-ethyl adjacent to an activating group) is 1. The fraction of sp³-hybridized carbons (Fsp3) is 0.467. The zero-order valence-corrected chi connectivity index (χ0v) is 14.0. The summed E-state index contributed by atoms with van der Waals surface area (Å²) in [4.78, 5) is 6.82. The lowest BCUT2D eigenvalue weighted by atomic mass is 10.1. The maximum atomic E-state index is 5.99. The van der Waals surface area contributed by atoms with Crippen molar-refractivity contribution < 1.29 is 4.52 Å². The molecule has 2 heterocycles. The Bertz CT molecular complexity index is 605. The lowest BCUT2D eigenvalue weighted by Crippen LogP contribution is -2.43. The lowest BCUT2D eigenvalue weighted by molar-refractivity contribution is 0.167. The SMILES string of the molecule is CNC1CCCN(Cc2nc(-c3cccc(Cl)c3)no2)C1.Cl. The van der Waals surface area contributed by atoms with Gasteiger partial charge in [-0.3, -0.25) is 4.90 Å². The van der Waals surface area contributed by atoms with E-state index >= 15 is 0 Å². The minimum absolute atomic E-state index is 0. The summed E-state index contributed by atoms with van der Waals surface area (Å²) in [5.41, 5.74) is 0.879. The molecule has 120 valence electrons. The number of likely N-dealkylation sites (tertiary alicyclic amines) is 1. The summed E-state index contributed by atoms with van der Waals surface area (Å²) in [6.07, 6.45) is 2.42. The van der Waals surface area contributed by atoms with Crippen molar-refractivity contribution in [3.8, 4) is 11.4 Å². The third-order valence-electron chi connectivity index (χ3n) is 3.82. The van der Waals surface area contributed by atoms with Crippen LogP contribution >= 0.6 is 24.0 Å². The molecule has 0 bridgehead atoms.